The molecule has 68 valence electrons. The van der Waals surface area contributed by atoms with Crippen LogP contribution in [0.3, 0.4) is 0 Å². The van der Waals surface area contributed by atoms with Gasteiger partial charge in [0.15, 0.2) is 32.6 Å². The Morgan fingerprint density at radius 2 is 1.87 bits per heavy atom. The van der Waals surface area contributed by atoms with E-state index in [2.05, 4.69) is 32.6 Å². The Hall–Kier alpha value is -0.765. The van der Waals surface area contributed by atoms with E-state index in [-0.39, 0.29) is 0 Å². The van der Waals surface area contributed by atoms with E-state index in [0.29, 0.717) is 5.56 Å². The van der Waals surface area contributed by atoms with Crippen molar-refractivity contribution in [1.29, 1.82) is 0 Å². The molecule has 0 bridgehead atoms. The molecule has 0 atom stereocenters. The Morgan fingerprint density at radius 3 is 2.53 bits per heavy atom. The van der Waals surface area contributed by atoms with E-state index >= 15 is 0 Å². The molecule has 0 saturated carbocycles. The molecule has 0 aliphatic rings. The largest absolute Gasteiger partial charge is 0.478 e. The van der Waals surface area contributed by atoms with Crippen LogP contribution in [0.25, 0.3) is 10.8 Å². The van der Waals surface area contributed by atoms with Crippen molar-refractivity contribution < 1.29 is 9.90 Å². The Morgan fingerprint density at radius 1 is 1.13 bits per heavy atom. The molecule has 0 unspecified atom stereocenters. The molecular formula is C11H6Al2O2. The van der Waals surface area contributed by atoms with Gasteiger partial charge in [0.25, 0.3) is 0 Å². The highest BCUT2D eigenvalue weighted by molar-refractivity contribution is 6.40. The lowest BCUT2D eigenvalue weighted by molar-refractivity contribution is 0.0697. The zero-order valence-electron chi connectivity index (χ0n) is 7.90. The van der Waals surface area contributed by atoms with Gasteiger partial charge in [0.2, 0.25) is 0 Å². The van der Waals surface area contributed by atoms with Gasteiger partial charge in [-0.1, -0.05) is 24.3 Å². The second-order valence-corrected chi connectivity index (χ2v) is 4.64. The topological polar surface area (TPSA) is 37.3 Å². The van der Waals surface area contributed by atoms with Crippen LogP contribution < -0.4 is 8.85 Å². The first-order chi connectivity index (χ1) is 7.08. The smallest absolute Gasteiger partial charge is 0.335 e. The Labute approximate surface area is 104 Å². The number of benzene rings is 2. The van der Waals surface area contributed by atoms with Crippen LogP contribution in [0.5, 0.6) is 0 Å². The van der Waals surface area contributed by atoms with Gasteiger partial charge in [-0.3, -0.25) is 0 Å². The SMILES string of the molecule is O=C(O)c1c[c]([Al])c2cc[c]([Al])cc2c1. The van der Waals surface area contributed by atoms with Crippen molar-refractivity contribution in [2.45, 2.75) is 0 Å². The van der Waals surface area contributed by atoms with Gasteiger partial charge < -0.3 is 5.11 Å². The van der Waals surface area contributed by atoms with Crippen LogP contribution >= 0.6 is 0 Å². The highest BCUT2D eigenvalue weighted by Crippen LogP contribution is 2.12. The first-order valence-corrected chi connectivity index (χ1v) is 5.55. The summed E-state index contributed by atoms with van der Waals surface area (Å²) in [5.41, 5.74) is 0.322. The lowest BCUT2D eigenvalue weighted by atomic mass is 10.1. The molecule has 4 heteroatoms. The fourth-order valence-electron chi connectivity index (χ4n) is 1.54. The van der Waals surface area contributed by atoms with Gasteiger partial charge >= 0.3 is 5.97 Å². The summed E-state index contributed by atoms with van der Waals surface area (Å²) < 4.78 is 1.96. The van der Waals surface area contributed by atoms with Crippen molar-refractivity contribution in [2.24, 2.45) is 0 Å². The predicted octanol–water partition coefficient (Wildman–Crippen LogP) is 0.126. The number of carboxylic acids is 1. The lowest BCUT2D eigenvalue weighted by Crippen LogP contribution is -2.11. The monoisotopic (exact) mass is 224 g/mol. The van der Waals surface area contributed by atoms with Crippen LogP contribution in [0.2, 0.25) is 0 Å². The van der Waals surface area contributed by atoms with E-state index in [9.17, 15) is 4.79 Å². The number of fused-ring (bicyclic) bond motifs is 1. The average Bonchev–Trinajstić information content (AvgIpc) is 2.16. The van der Waals surface area contributed by atoms with E-state index in [1.54, 1.807) is 12.1 Å². The standard InChI is InChI=1S/C11H6O2.2Al/c12-11(13)10-6-5-8-3-1-2-4-9(8)7-10;;/h1,3-4,6-7H,(H,12,13);;. The van der Waals surface area contributed by atoms with Gasteiger partial charge in [-0.15, -0.1) is 8.85 Å². The Balaban J connectivity index is 2.79. The summed E-state index contributed by atoms with van der Waals surface area (Å²) in [4.78, 5) is 10.9. The van der Waals surface area contributed by atoms with Gasteiger partial charge in [0.05, 0.1) is 5.56 Å². The number of carboxylic acid groups (broad SMARTS) is 1. The first-order valence-electron chi connectivity index (χ1n) is 4.40. The highest BCUT2D eigenvalue weighted by Gasteiger charge is 2.05. The third-order valence-corrected chi connectivity index (χ3v) is 3.09. The Kier molecular flexibility index (Phi) is 2.87. The van der Waals surface area contributed by atoms with Gasteiger partial charge in [-0.25, -0.2) is 4.79 Å². The quantitative estimate of drug-likeness (QED) is 0.699. The van der Waals surface area contributed by atoms with Crippen LogP contribution in [0.1, 0.15) is 10.4 Å². The molecule has 4 radical (unpaired) electrons. The second-order valence-electron chi connectivity index (χ2n) is 3.35. The fraction of sp³-hybridized carbons (Fsp3) is 0. The van der Waals surface area contributed by atoms with E-state index in [4.69, 9.17) is 5.11 Å². The lowest BCUT2D eigenvalue weighted by Gasteiger charge is -2.06. The number of rotatable bonds is 1. The van der Waals surface area contributed by atoms with Crippen molar-refractivity contribution in [3.05, 3.63) is 35.9 Å². The maximum absolute atomic E-state index is 10.9. The van der Waals surface area contributed by atoms with Crippen LogP contribution in [0.15, 0.2) is 30.3 Å². The van der Waals surface area contributed by atoms with E-state index in [1.165, 1.54) is 0 Å². The van der Waals surface area contributed by atoms with Crippen molar-refractivity contribution in [3.63, 3.8) is 0 Å². The minimum Gasteiger partial charge on any atom is -0.478 e. The molecule has 0 fully saturated rings. The summed E-state index contributed by atoms with van der Waals surface area (Å²) in [6.07, 6.45) is 0. The molecule has 1 N–H and O–H groups in total. The molecule has 0 aliphatic heterocycles. The van der Waals surface area contributed by atoms with Crippen molar-refractivity contribution in [3.8, 4) is 0 Å². The van der Waals surface area contributed by atoms with Crippen LogP contribution in [-0.4, -0.2) is 43.7 Å². The number of hydrogen-bond donors (Lipinski definition) is 1. The van der Waals surface area contributed by atoms with Crippen molar-refractivity contribution in [2.75, 3.05) is 0 Å². The predicted molar refractivity (Wildman–Crippen MR) is 61.7 cm³/mol. The molecular weight excluding hydrogens is 218 g/mol. The van der Waals surface area contributed by atoms with Crippen LogP contribution in [0, 0.1) is 0 Å². The zero-order valence-corrected chi connectivity index (χ0v) is 10.2. The van der Waals surface area contributed by atoms with Crippen LogP contribution in [0.4, 0.5) is 0 Å². The molecule has 2 aromatic carbocycles. The molecule has 2 rings (SSSR count). The van der Waals surface area contributed by atoms with Crippen molar-refractivity contribution in [1.82, 2.24) is 0 Å². The maximum atomic E-state index is 10.9. The Bertz CT molecular complexity index is 550. The molecule has 0 spiro atoms. The number of hydrogen-bond acceptors (Lipinski definition) is 1. The molecule has 0 saturated heterocycles. The molecule has 0 aliphatic carbocycles. The normalized spacial score (nSPS) is 10.4. The molecule has 0 aromatic heterocycles. The van der Waals surface area contributed by atoms with E-state index in [1.807, 2.05) is 18.2 Å². The summed E-state index contributed by atoms with van der Waals surface area (Å²) in [6.45, 7) is 0. The molecule has 0 amide bonds. The van der Waals surface area contributed by atoms with Crippen molar-refractivity contribution >= 4 is 58.2 Å². The van der Waals surface area contributed by atoms with Gasteiger partial charge in [0.1, 0.15) is 0 Å². The second kappa shape index (κ2) is 4.01. The third-order valence-electron chi connectivity index (χ3n) is 2.26. The summed E-state index contributed by atoms with van der Waals surface area (Å²) in [5, 5.41) is 10.9. The molecule has 0 heterocycles. The number of carbonyl (C=O) groups is 1. The summed E-state index contributed by atoms with van der Waals surface area (Å²) >= 11 is 5.17. The van der Waals surface area contributed by atoms with Gasteiger partial charge in [-0.2, -0.15) is 0 Å². The fourth-order valence-corrected chi connectivity index (χ4v) is 2.26. The van der Waals surface area contributed by atoms with Gasteiger partial charge in [0, 0.05) is 0 Å². The zero-order chi connectivity index (χ0) is 11.0. The minimum absolute atomic E-state index is 0.322. The molecule has 15 heavy (non-hydrogen) atoms. The summed E-state index contributed by atoms with van der Waals surface area (Å²) in [5.74, 6) is -0.894. The maximum Gasteiger partial charge on any atom is 0.335 e. The highest BCUT2D eigenvalue weighted by atomic mass is 27.1. The summed E-state index contributed by atoms with van der Waals surface area (Å²) in [7, 11) is 0. The van der Waals surface area contributed by atoms with E-state index < -0.39 is 5.97 Å². The molecule has 2 aromatic rings. The average molecular weight is 224 g/mol. The first kappa shape index (κ1) is 10.7. The van der Waals surface area contributed by atoms with Crippen LogP contribution in [-0.2, 0) is 0 Å². The molecule has 2 nitrogen and oxygen atoms in total. The van der Waals surface area contributed by atoms with Gasteiger partial charge in [-0.05, 0) is 16.8 Å². The summed E-state index contributed by atoms with van der Waals surface area (Å²) in [6, 6.07) is 9.29. The number of aromatic carboxylic acids is 1. The minimum atomic E-state index is -0.894. The van der Waals surface area contributed by atoms with E-state index in [0.717, 1.165) is 19.6 Å². The third kappa shape index (κ3) is 2.10.